The fourth-order valence-corrected chi connectivity index (χ4v) is 2.60. The molecule has 4 rings (SSSR count). The summed E-state index contributed by atoms with van der Waals surface area (Å²) in [6, 6.07) is 8.18. The van der Waals surface area contributed by atoms with E-state index < -0.39 is 0 Å². The number of fused-ring (bicyclic) bond motifs is 1. The molecule has 0 saturated carbocycles. The molecule has 0 atom stereocenters. The summed E-state index contributed by atoms with van der Waals surface area (Å²) in [6.45, 7) is 0.100. The first-order valence-electron chi connectivity index (χ1n) is 7.39. The number of phenols is 1. The molecule has 25 heavy (non-hydrogen) atoms. The number of nitrogens with zero attached hydrogens (tertiary/aromatic N) is 2. The molecule has 0 amide bonds. The van der Waals surface area contributed by atoms with Gasteiger partial charge in [0.15, 0.2) is 11.5 Å². The van der Waals surface area contributed by atoms with Gasteiger partial charge in [-0.2, -0.15) is 4.98 Å². The topological polar surface area (TPSA) is 96.1 Å². The van der Waals surface area contributed by atoms with E-state index in [-0.39, 0.29) is 12.5 Å². The number of aromatic hydroxyl groups is 1. The third-order valence-electron chi connectivity index (χ3n) is 3.76. The van der Waals surface area contributed by atoms with Crippen LogP contribution in [0.1, 0.15) is 0 Å². The van der Waals surface area contributed by atoms with Crippen LogP contribution in [0.5, 0.6) is 28.7 Å². The van der Waals surface area contributed by atoms with Crippen LogP contribution in [0.4, 0.5) is 0 Å². The molecule has 1 aromatic heterocycles. The van der Waals surface area contributed by atoms with Crippen LogP contribution in [-0.4, -0.2) is 36.3 Å². The highest BCUT2D eigenvalue weighted by Crippen LogP contribution is 2.51. The Bertz CT molecular complexity index is 920. The van der Waals surface area contributed by atoms with Crippen LogP contribution in [0, 0.1) is 0 Å². The molecule has 1 aliphatic rings. The number of benzene rings is 2. The van der Waals surface area contributed by atoms with Gasteiger partial charge in [0.1, 0.15) is 5.75 Å². The standard InChI is InChI=1S/C17H14N2O6/c1-21-13-11(7-12-14(15(13)22-2)24-8-23-12)16-18-17(25-19-16)9-3-5-10(20)6-4-9/h3-7,20H,8H2,1-2H3. The molecule has 0 spiro atoms. The van der Waals surface area contributed by atoms with E-state index >= 15 is 0 Å². The zero-order valence-corrected chi connectivity index (χ0v) is 13.5. The molecule has 128 valence electrons. The molecule has 0 saturated heterocycles. The number of hydrogen-bond acceptors (Lipinski definition) is 8. The fourth-order valence-electron chi connectivity index (χ4n) is 2.60. The van der Waals surface area contributed by atoms with E-state index in [0.717, 1.165) is 0 Å². The van der Waals surface area contributed by atoms with E-state index in [1.807, 2.05) is 0 Å². The minimum atomic E-state index is 0.100. The minimum absolute atomic E-state index is 0.100. The number of aromatic nitrogens is 2. The Labute approximate surface area is 142 Å². The van der Waals surface area contributed by atoms with Gasteiger partial charge in [-0.1, -0.05) is 5.16 Å². The van der Waals surface area contributed by atoms with Crippen molar-refractivity contribution in [1.82, 2.24) is 10.1 Å². The van der Waals surface area contributed by atoms with Crippen molar-refractivity contribution >= 4 is 0 Å². The van der Waals surface area contributed by atoms with Crippen molar-refractivity contribution in [1.29, 1.82) is 0 Å². The Kier molecular flexibility index (Phi) is 3.57. The van der Waals surface area contributed by atoms with E-state index in [4.69, 9.17) is 23.5 Å². The first-order chi connectivity index (χ1) is 12.2. The predicted molar refractivity (Wildman–Crippen MR) is 86.1 cm³/mol. The predicted octanol–water partition coefficient (Wildman–Crippen LogP) is 2.86. The van der Waals surface area contributed by atoms with Gasteiger partial charge in [0, 0.05) is 5.56 Å². The maximum Gasteiger partial charge on any atom is 0.258 e. The SMILES string of the molecule is COc1c(-c2noc(-c3ccc(O)cc3)n2)cc2c(c1OC)OCO2. The second kappa shape index (κ2) is 5.90. The number of phenolic OH excluding ortho intramolecular Hbond substituents is 1. The van der Waals surface area contributed by atoms with Crippen molar-refractivity contribution in [2.45, 2.75) is 0 Å². The lowest BCUT2D eigenvalue weighted by molar-refractivity contribution is 0.170. The van der Waals surface area contributed by atoms with E-state index in [9.17, 15) is 5.11 Å². The van der Waals surface area contributed by atoms with Crippen LogP contribution in [-0.2, 0) is 0 Å². The summed E-state index contributed by atoms with van der Waals surface area (Å²) in [6.07, 6.45) is 0. The molecule has 2 aromatic carbocycles. The molecule has 8 nitrogen and oxygen atoms in total. The van der Waals surface area contributed by atoms with E-state index in [2.05, 4.69) is 10.1 Å². The number of rotatable bonds is 4. The van der Waals surface area contributed by atoms with E-state index in [0.29, 0.717) is 45.8 Å². The number of hydrogen-bond donors (Lipinski definition) is 1. The van der Waals surface area contributed by atoms with Crippen LogP contribution in [0.15, 0.2) is 34.9 Å². The van der Waals surface area contributed by atoms with Crippen molar-refractivity contribution < 1.29 is 28.6 Å². The Morgan fingerprint density at radius 2 is 1.80 bits per heavy atom. The summed E-state index contributed by atoms with van der Waals surface area (Å²) in [5.74, 6) is 2.61. The Morgan fingerprint density at radius 3 is 2.52 bits per heavy atom. The summed E-state index contributed by atoms with van der Waals surface area (Å²) in [4.78, 5) is 4.40. The minimum Gasteiger partial charge on any atom is -0.508 e. The summed E-state index contributed by atoms with van der Waals surface area (Å²) in [7, 11) is 3.03. The fraction of sp³-hybridized carbons (Fsp3) is 0.176. The highest BCUT2D eigenvalue weighted by Gasteiger charge is 2.28. The molecule has 0 aliphatic carbocycles. The molecule has 0 unspecified atom stereocenters. The normalized spacial score (nSPS) is 12.2. The Balaban J connectivity index is 1.81. The van der Waals surface area contributed by atoms with Gasteiger partial charge in [0.2, 0.25) is 24.1 Å². The molecule has 3 aromatic rings. The molecule has 1 N–H and O–H groups in total. The van der Waals surface area contributed by atoms with Gasteiger partial charge >= 0.3 is 0 Å². The Hall–Kier alpha value is -3.42. The van der Waals surface area contributed by atoms with Gasteiger partial charge < -0.3 is 28.6 Å². The summed E-state index contributed by atoms with van der Waals surface area (Å²) < 4.78 is 27.1. The summed E-state index contributed by atoms with van der Waals surface area (Å²) in [5.41, 5.74) is 1.24. The molecule has 1 aliphatic heterocycles. The third kappa shape index (κ3) is 2.47. The monoisotopic (exact) mass is 342 g/mol. The summed E-state index contributed by atoms with van der Waals surface area (Å²) >= 11 is 0. The first-order valence-corrected chi connectivity index (χ1v) is 7.39. The van der Waals surface area contributed by atoms with Gasteiger partial charge in [-0.3, -0.25) is 0 Å². The molecule has 0 fully saturated rings. The van der Waals surface area contributed by atoms with E-state index in [1.165, 1.54) is 14.2 Å². The zero-order valence-electron chi connectivity index (χ0n) is 13.5. The second-order valence-electron chi connectivity index (χ2n) is 5.19. The lowest BCUT2D eigenvalue weighted by Gasteiger charge is -2.12. The first kappa shape index (κ1) is 15.1. The van der Waals surface area contributed by atoms with Crippen LogP contribution >= 0.6 is 0 Å². The van der Waals surface area contributed by atoms with Gasteiger partial charge in [-0.25, -0.2) is 0 Å². The second-order valence-corrected chi connectivity index (χ2v) is 5.19. The lowest BCUT2D eigenvalue weighted by Crippen LogP contribution is -1.96. The average molecular weight is 342 g/mol. The smallest absolute Gasteiger partial charge is 0.258 e. The highest BCUT2D eigenvalue weighted by atomic mass is 16.7. The number of ether oxygens (including phenoxy) is 4. The van der Waals surface area contributed by atoms with Crippen molar-refractivity contribution in [3.05, 3.63) is 30.3 Å². The van der Waals surface area contributed by atoms with Gasteiger partial charge in [-0.15, -0.1) is 0 Å². The highest BCUT2D eigenvalue weighted by molar-refractivity contribution is 5.77. The maximum atomic E-state index is 9.38. The quantitative estimate of drug-likeness (QED) is 0.773. The maximum absolute atomic E-state index is 9.38. The largest absolute Gasteiger partial charge is 0.508 e. The van der Waals surface area contributed by atoms with Crippen LogP contribution < -0.4 is 18.9 Å². The third-order valence-corrected chi connectivity index (χ3v) is 3.76. The number of methoxy groups -OCH3 is 2. The van der Waals surface area contributed by atoms with Crippen LogP contribution in [0.3, 0.4) is 0 Å². The van der Waals surface area contributed by atoms with Crippen LogP contribution in [0.25, 0.3) is 22.8 Å². The lowest BCUT2D eigenvalue weighted by atomic mass is 10.1. The van der Waals surface area contributed by atoms with Crippen LogP contribution in [0.2, 0.25) is 0 Å². The molecule has 0 bridgehead atoms. The summed E-state index contributed by atoms with van der Waals surface area (Å²) in [5, 5.41) is 13.4. The zero-order chi connectivity index (χ0) is 17.4. The molecular weight excluding hydrogens is 328 g/mol. The molecular formula is C17H14N2O6. The van der Waals surface area contributed by atoms with Gasteiger partial charge in [0.25, 0.3) is 5.89 Å². The molecule has 8 heteroatoms. The van der Waals surface area contributed by atoms with Crippen molar-refractivity contribution in [3.8, 4) is 51.6 Å². The van der Waals surface area contributed by atoms with E-state index in [1.54, 1.807) is 30.3 Å². The molecule has 0 radical (unpaired) electrons. The molecule has 2 heterocycles. The van der Waals surface area contributed by atoms with Crippen molar-refractivity contribution in [3.63, 3.8) is 0 Å². The van der Waals surface area contributed by atoms with Crippen molar-refractivity contribution in [2.24, 2.45) is 0 Å². The van der Waals surface area contributed by atoms with Crippen molar-refractivity contribution in [2.75, 3.05) is 21.0 Å². The van der Waals surface area contributed by atoms with Gasteiger partial charge in [0.05, 0.1) is 19.8 Å². The average Bonchev–Trinajstić information content (AvgIpc) is 3.29. The van der Waals surface area contributed by atoms with Gasteiger partial charge in [-0.05, 0) is 30.3 Å². The Morgan fingerprint density at radius 1 is 1.04 bits per heavy atom.